The topological polar surface area (TPSA) is 38.7 Å². The van der Waals surface area contributed by atoms with Crippen LogP contribution < -0.4 is 0 Å². The zero-order valence-electron chi connectivity index (χ0n) is 18.0. The van der Waals surface area contributed by atoms with E-state index in [2.05, 4.69) is 24.3 Å². The molecule has 0 spiro atoms. The second kappa shape index (κ2) is 9.74. The summed E-state index contributed by atoms with van der Waals surface area (Å²) < 4.78 is 5.45. The van der Waals surface area contributed by atoms with Crippen LogP contribution in [0.4, 0.5) is 0 Å². The van der Waals surface area contributed by atoms with Crippen molar-refractivity contribution in [1.82, 2.24) is 0 Å². The van der Waals surface area contributed by atoms with Gasteiger partial charge in [-0.25, -0.2) is 4.79 Å². The van der Waals surface area contributed by atoms with Crippen LogP contribution in [0.2, 0.25) is 0 Å². The predicted octanol–water partition coefficient (Wildman–Crippen LogP) is 6.17. The molecule has 1 unspecified atom stereocenters. The molecule has 1 atom stereocenters. The summed E-state index contributed by atoms with van der Waals surface area (Å²) >= 11 is 0. The van der Waals surface area contributed by atoms with E-state index >= 15 is 0 Å². The summed E-state index contributed by atoms with van der Waals surface area (Å²) in [6.45, 7) is 0. The molecule has 1 aliphatic rings. The molecule has 0 heterocycles. The number of carbonyl (C=O) groups is 1. The maximum atomic E-state index is 13.6. The van der Waals surface area contributed by atoms with Crippen molar-refractivity contribution in [3.8, 4) is 0 Å². The van der Waals surface area contributed by atoms with Crippen LogP contribution in [0.1, 0.15) is 48.8 Å². The number of hydrogen-bond acceptors (Lipinski definition) is 3. The number of nitrogens with zero attached hydrogens (tertiary/aromatic N) is 1. The highest BCUT2D eigenvalue weighted by Crippen LogP contribution is 2.44. The van der Waals surface area contributed by atoms with E-state index in [-0.39, 0.29) is 11.9 Å². The fraction of sp³-hybridized carbons (Fsp3) is 0.286. The van der Waals surface area contributed by atoms with E-state index in [0.29, 0.717) is 0 Å². The molecule has 3 aromatic rings. The standard InChI is InChI=1S/C28H29NO2/c1-31-27(30)28(24-18-10-4-11-19-24,25-20-12-5-13-21-25)29-26(22-14-6-2-7-15-22)23-16-8-3-9-17-23/h2-4,6-11,14-19,25H,5,12-13,20-21H2,1H3. The Labute approximate surface area is 184 Å². The second-order valence-corrected chi connectivity index (χ2v) is 8.15. The van der Waals surface area contributed by atoms with Crippen LogP contribution in [0.3, 0.4) is 0 Å². The van der Waals surface area contributed by atoms with E-state index < -0.39 is 5.54 Å². The Balaban J connectivity index is 2.00. The Hall–Kier alpha value is -3.20. The number of aliphatic imine (C=N–C) groups is 1. The third-order valence-electron chi connectivity index (χ3n) is 6.29. The van der Waals surface area contributed by atoms with Crippen molar-refractivity contribution >= 4 is 11.7 Å². The first kappa shape index (κ1) is 21.0. The van der Waals surface area contributed by atoms with Gasteiger partial charge in [-0.3, -0.25) is 4.99 Å². The summed E-state index contributed by atoms with van der Waals surface area (Å²) in [5.74, 6) is -0.187. The number of esters is 1. The number of benzene rings is 3. The predicted molar refractivity (Wildman–Crippen MR) is 125 cm³/mol. The molecule has 0 aliphatic heterocycles. The van der Waals surface area contributed by atoms with Crippen molar-refractivity contribution in [3.05, 3.63) is 108 Å². The van der Waals surface area contributed by atoms with Crippen LogP contribution in [0.5, 0.6) is 0 Å². The Morgan fingerprint density at radius 3 is 1.74 bits per heavy atom. The molecule has 158 valence electrons. The van der Waals surface area contributed by atoms with Gasteiger partial charge in [-0.1, -0.05) is 110 Å². The first-order valence-corrected chi connectivity index (χ1v) is 11.1. The average Bonchev–Trinajstić information content (AvgIpc) is 2.87. The molecule has 0 saturated heterocycles. The molecule has 0 bridgehead atoms. The van der Waals surface area contributed by atoms with Gasteiger partial charge in [-0.2, -0.15) is 0 Å². The van der Waals surface area contributed by atoms with E-state index in [9.17, 15) is 4.79 Å². The second-order valence-electron chi connectivity index (χ2n) is 8.15. The van der Waals surface area contributed by atoms with Crippen LogP contribution in [0.25, 0.3) is 0 Å². The summed E-state index contributed by atoms with van der Waals surface area (Å²) in [5, 5.41) is 0. The van der Waals surface area contributed by atoms with E-state index in [1.54, 1.807) is 0 Å². The normalized spacial score (nSPS) is 16.2. The number of ether oxygens (including phenoxy) is 1. The molecule has 1 aliphatic carbocycles. The smallest absolute Gasteiger partial charge is 0.338 e. The van der Waals surface area contributed by atoms with Gasteiger partial charge >= 0.3 is 5.97 Å². The molecule has 1 saturated carbocycles. The molecule has 4 rings (SSSR count). The highest BCUT2D eigenvalue weighted by molar-refractivity contribution is 6.14. The van der Waals surface area contributed by atoms with E-state index in [1.807, 2.05) is 66.7 Å². The zero-order valence-corrected chi connectivity index (χ0v) is 18.0. The largest absolute Gasteiger partial charge is 0.467 e. The van der Waals surface area contributed by atoms with Gasteiger partial charge in [0, 0.05) is 11.1 Å². The maximum absolute atomic E-state index is 13.6. The van der Waals surface area contributed by atoms with Gasteiger partial charge in [-0.05, 0) is 24.3 Å². The minimum Gasteiger partial charge on any atom is -0.467 e. The van der Waals surface area contributed by atoms with Gasteiger partial charge in [0.05, 0.1) is 12.8 Å². The minimum absolute atomic E-state index is 0.0959. The van der Waals surface area contributed by atoms with Gasteiger partial charge < -0.3 is 4.74 Å². The van der Waals surface area contributed by atoms with Gasteiger partial charge in [0.1, 0.15) is 0 Å². The number of methoxy groups -OCH3 is 1. The van der Waals surface area contributed by atoms with Crippen LogP contribution in [0, 0.1) is 5.92 Å². The molecule has 0 aromatic heterocycles. The number of carbonyl (C=O) groups excluding carboxylic acids is 1. The lowest BCUT2D eigenvalue weighted by molar-refractivity contribution is -0.150. The molecular formula is C28H29NO2. The zero-order chi connectivity index (χ0) is 21.5. The van der Waals surface area contributed by atoms with Crippen LogP contribution in [-0.4, -0.2) is 18.8 Å². The molecule has 1 fully saturated rings. The molecule has 0 N–H and O–H groups in total. The molecule has 3 nitrogen and oxygen atoms in total. The lowest BCUT2D eigenvalue weighted by Gasteiger charge is -2.38. The van der Waals surface area contributed by atoms with Gasteiger partial charge in [-0.15, -0.1) is 0 Å². The van der Waals surface area contributed by atoms with Crippen molar-refractivity contribution in [3.63, 3.8) is 0 Å². The van der Waals surface area contributed by atoms with E-state index in [0.717, 1.165) is 48.1 Å². The third kappa shape index (κ3) is 4.32. The van der Waals surface area contributed by atoms with Gasteiger partial charge in [0.15, 0.2) is 5.54 Å². The quantitative estimate of drug-likeness (QED) is 0.359. The van der Waals surface area contributed by atoms with Crippen molar-refractivity contribution in [1.29, 1.82) is 0 Å². The van der Waals surface area contributed by atoms with Crippen LogP contribution in [0.15, 0.2) is 96.0 Å². The maximum Gasteiger partial charge on any atom is 0.338 e. The van der Waals surface area contributed by atoms with Crippen molar-refractivity contribution in [2.24, 2.45) is 10.9 Å². The van der Waals surface area contributed by atoms with Crippen molar-refractivity contribution in [2.75, 3.05) is 7.11 Å². The molecule has 3 heteroatoms. The average molecular weight is 412 g/mol. The fourth-order valence-corrected chi connectivity index (χ4v) is 4.75. The monoisotopic (exact) mass is 411 g/mol. The Morgan fingerprint density at radius 2 is 1.26 bits per heavy atom. The highest BCUT2D eigenvalue weighted by Gasteiger charge is 2.49. The molecule has 31 heavy (non-hydrogen) atoms. The Morgan fingerprint density at radius 1 is 0.774 bits per heavy atom. The van der Waals surface area contributed by atoms with E-state index in [4.69, 9.17) is 9.73 Å². The minimum atomic E-state index is -1.07. The van der Waals surface area contributed by atoms with Crippen molar-refractivity contribution < 1.29 is 9.53 Å². The number of hydrogen-bond donors (Lipinski definition) is 0. The third-order valence-corrected chi connectivity index (χ3v) is 6.29. The van der Waals surface area contributed by atoms with Crippen LogP contribution >= 0.6 is 0 Å². The summed E-state index contributed by atoms with van der Waals surface area (Å²) in [6, 6.07) is 30.2. The molecule has 0 amide bonds. The number of rotatable bonds is 6. The van der Waals surface area contributed by atoms with Gasteiger partial charge in [0.2, 0.25) is 0 Å². The summed E-state index contributed by atoms with van der Waals surface area (Å²) in [4.78, 5) is 19.0. The first-order chi connectivity index (χ1) is 15.3. The molecule has 3 aromatic carbocycles. The Kier molecular flexibility index (Phi) is 6.61. The lowest BCUT2D eigenvalue weighted by Crippen LogP contribution is -2.44. The van der Waals surface area contributed by atoms with Crippen LogP contribution in [-0.2, 0) is 15.1 Å². The molecular weight excluding hydrogens is 382 g/mol. The lowest BCUT2D eigenvalue weighted by atomic mass is 9.71. The Bertz CT molecular complexity index is 967. The highest BCUT2D eigenvalue weighted by atomic mass is 16.5. The summed E-state index contributed by atoms with van der Waals surface area (Å²) in [6.07, 6.45) is 5.35. The summed E-state index contributed by atoms with van der Waals surface area (Å²) in [5.41, 5.74) is 2.64. The van der Waals surface area contributed by atoms with Crippen molar-refractivity contribution in [2.45, 2.75) is 37.6 Å². The van der Waals surface area contributed by atoms with E-state index in [1.165, 1.54) is 13.5 Å². The SMILES string of the molecule is COC(=O)C(N=C(c1ccccc1)c1ccccc1)(c1ccccc1)C1CCCCC1. The molecule has 0 radical (unpaired) electrons. The summed E-state index contributed by atoms with van der Waals surface area (Å²) in [7, 11) is 1.48. The first-order valence-electron chi connectivity index (χ1n) is 11.1. The van der Waals surface area contributed by atoms with Gasteiger partial charge in [0.25, 0.3) is 0 Å². The fourth-order valence-electron chi connectivity index (χ4n) is 4.75.